The van der Waals surface area contributed by atoms with Crippen molar-refractivity contribution >= 4 is 6.03 Å². The zero-order chi connectivity index (χ0) is 18.4. The van der Waals surface area contributed by atoms with Crippen LogP contribution in [0.1, 0.15) is 18.4 Å². The molecule has 7 heteroatoms. The molecule has 1 unspecified atom stereocenters. The molecule has 0 radical (unpaired) electrons. The summed E-state index contributed by atoms with van der Waals surface area (Å²) in [6.07, 6.45) is 2.70. The molecule has 2 amide bonds. The maximum absolute atomic E-state index is 12.4. The highest BCUT2D eigenvalue weighted by molar-refractivity contribution is 5.74. The highest BCUT2D eigenvalue weighted by Gasteiger charge is 2.24. The Bertz CT molecular complexity index is 596. The Morgan fingerprint density at radius 1 is 1.19 bits per heavy atom. The van der Waals surface area contributed by atoms with Gasteiger partial charge in [0, 0.05) is 45.9 Å². The van der Waals surface area contributed by atoms with Gasteiger partial charge in [-0.3, -0.25) is 4.90 Å². The van der Waals surface area contributed by atoms with Gasteiger partial charge >= 0.3 is 6.03 Å². The summed E-state index contributed by atoms with van der Waals surface area (Å²) < 4.78 is 16.2. The molecule has 1 atom stereocenters. The van der Waals surface area contributed by atoms with Crippen LogP contribution in [-0.2, 0) is 11.3 Å². The Morgan fingerprint density at radius 2 is 1.96 bits per heavy atom. The van der Waals surface area contributed by atoms with Crippen LogP contribution in [0.2, 0.25) is 0 Å². The topological polar surface area (TPSA) is 63.3 Å². The molecule has 2 heterocycles. The Morgan fingerprint density at radius 3 is 2.62 bits per heavy atom. The van der Waals surface area contributed by atoms with Gasteiger partial charge in [-0.1, -0.05) is 6.07 Å². The summed E-state index contributed by atoms with van der Waals surface area (Å²) in [5.74, 6) is 1.35. The summed E-state index contributed by atoms with van der Waals surface area (Å²) in [6, 6.07) is 5.65. The van der Waals surface area contributed by atoms with Gasteiger partial charge in [0.25, 0.3) is 0 Å². The van der Waals surface area contributed by atoms with Crippen molar-refractivity contribution in [2.24, 2.45) is 0 Å². The fraction of sp³-hybridized carbons (Fsp3) is 0.632. The van der Waals surface area contributed by atoms with Gasteiger partial charge in [0.15, 0.2) is 11.5 Å². The zero-order valence-electron chi connectivity index (χ0n) is 15.7. The molecule has 2 fully saturated rings. The number of ether oxygens (including phenoxy) is 3. The van der Waals surface area contributed by atoms with Gasteiger partial charge in [0.1, 0.15) is 0 Å². The second-order valence-electron chi connectivity index (χ2n) is 6.77. The third-order valence-electron chi connectivity index (χ3n) is 5.04. The largest absolute Gasteiger partial charge is 0.493 e. The first-order chi connectivity index (χ1) is 12.7. The van der Waals surface area contributed by atoms with E-state index in [4.69, 9.17) is 14.2 Å². The van der Waals surface area contributed by atoms with Gasteiger partial charge in [0.2, 0.25) is 0 Å². The van der Waals surface area contributed by atoms with Gasteiger partial charge < -0.3 is 24.4 Å². The summed E-state index contributed by atoms with van der Waals surface area (Å²) in [6.45, 7) is 5.67. The fourth-order valence-corrected chi connectivity index (χ4v) is 3.49. The third kappa shape index (κ3) is 4.80. The number of rotatable bonds is 6. The van der Waals surface area contributed by atoms with Gasteiger partial charge in [-0.25, -0.2) is 4.79 Å². The molecule has 1 N–H and O–H groups in total. The summed E-state index contributed by atoms with van der Waals surface area (Å²) in [7, 11) is 3.22. The van der Waals surface area contributed by atoms with E-state index in [-0.39, 0.29) is 6.03 Å². The van der Waals surface area contributed by atoms with Crippen molar-refractivity contribution in [3.05, 3.63) is 23.8 Å². The molecule has 0 aliphatic carbocycles. The molecular formula is C19H29N3O4. The molecule has 0 bridgehead atoms. The van der Waals surface area contributed by atoms with Crippen LogP contribution in [-0.4, -0.2) is 75.5 Å². The highest BCUT2D eigenvalue weighted by Crippen LogP contribution is 2.27. The van der Waals surface area contributed by atoms with Crippen molar-refractivity contribution in [3.8, 4) is 11.5 Å². The first-order valence-electron chi connectivity index (χ1n) is 9.27. The van der Waals surface area contributed by atoms with E-state index in [1.807, 2.05) is 23.1 Å². The highest BCUT2D eigenvalue weighted by atomic mass is 16.5. The zero-order valence-corrected chi connectivity index (χ0v) is 15.7. The van der Waals surface area contributed by atoms with Crippen molar-refractivity contribution < 1.29 is 19.0 Å². The minimum Gasteiger partial charge on any atom is -0.493 e. The SMILES string of the molecule is COc1ccc(CNC(=O)N2CCN(CC3CCCO3)CC2)cc1OC. The van der Waals surface area contributed by atoms with Gasteiger partial charge in [0.05, 0.1) is 20.3 Å². The van der Waals surface area contributed by atoms with Crippen molar-refractivity contribution in [2.75, 3.05) is 53.6 Å². The lowest BCUT2D eigenvalue weighted by Crippen LogP contribution is -2.52. The van der Waals surface area contributed by atoms with E-state index in [1.54, 1.807) is 14.2 Å². The Hall–Kier alpha value is -1.99. The average Bonchev–Trinajstić information content (AvgIpc) is 3.19. The third-order valence-corrected chi connectivity index (χ3v) is 5.04. The first-order valence-corrected chi connectivity index (χ1v) is 9.27. The number of urea groups is 1. The fourth-order valence-electron chi connectivity index (χ4n) is 3.49. The molecule has 1 aromatic carbocycles. The smallest absolute Gasteiger partial charge is 0.317 e. The Kier molecular flexibility index (Phi) is 6.57. The molecule has 26 heavy (non-hydrogen) atoms. The number of hydrogen-bond acceptors (Lipinski definition) is 5. The average molecular weight is 363 g/mol. The normalized spacial score (nSPS) is 20.8. The van der Waals surface area contributed by atoms with Crippen molar-refractivity contribution in [1.82, 2.24) is 15.1 Å². The number of amides is 2. The van der Waals surface area contributed by atoms with Crippen LogP contribution < -0.4 is 14.8 Å². The maximum Gasteiger partial charge on any atom is 0.317 e. The number of hydrogen-bond donors (Lipinski definition) is 1. The van der Waals surface area contributed by atoms with Crippen LogP contribution in [0.5, 0.6) is 11.5 Å². The standard InChI is InChI=1S/C19H29N3O4/c1-24-17-6-5-15(12-18(17)25-2)13-20-19(23)22-9-7-21(8-10-22)14-16-4-3-11-26-16/h5-6,12,16H,3-4,7-11,13-14H2,1-2H3,(H,20,23). The van der Waals surface area contributed by atoms with Crippen LogP contribution in [0.25, 0.3) is 0 Å². The number of nitrogens with one attached hydrogen (secondary N) is 1. The van der Waals surface area contributed by atoms with E-state index in [1.165, 1.54) is 6.42 Å². The van der Waals surface area contributed by atoms with Crippen molar-refractivity contribution in [3.63, 3.8) is 0 Å². The molecule has 0 spiro atoms. The second-order valence-corrected chi connectivity index (χ2v) is 6.77. The van der Waals surface area contributed by atoms with E-state index in [2.05, 4.69) is 10.2 Å². The van der Waals surface area contributed by atoms with Gasteiger partial charge in [-0.05, 0) is 30.5 Å². The summed E-state index contributed by atoms with van der Waals surface area (Å²) in [5.41, 5.74) is 0.980. The van der Waals surface area contributed by atoms with Crippen LogP contribution >= 0.6 is 0 Å². The van der Waals surface area contributed by atoms with E-state index in [0.29, 0.717) is 24.1 Å². The number of carbonyl (C=O) groups excluding carboxylic acids is 1. The summed E-state index contributed by atoms with van der Waals surface area (Å²) >= 11 is 0. The number of nitrogens with zero attached hydrogens (tertiary/aromatic N) is 2. The molecule has 3 rings (SSSR count). The van der Waals surface area contributed by atoms with Crippen molar-refractivity contribution in [2.45, 2.75) is 25.5 Å². The molecule has 0 aromatic heterocycles. The molecule has 2 saturated heterocycles. The molecule has 0 saturated carbocycles. The van der Waals surface area contributed by atoms with E-state index in [0.717, 1.165) is 51.3 Å². The monoisotopic (exact) mass is 363 g/mol. The minimum absolute atomic E-state index is 0.0171. The van der Waals surface area contributed by atoms with E-state index >= 15 is 0 Å². The summed E-state index contributed by atoms with van der Waals surface area (Å²) in [4.78, 5) is 16.7. The van der Waals surface area contributed by atoms with E-state index in [9.17, 15) is 4.79 Å². The number of methoxy groups -OCH3 is 2. The maximum atomic E-state index is 12.4. The van der Waals surface area contributed by atoms with Crippen LogP contribution in [0.3, 0.4) is 0 Å². The lowest BCUT2D eigenvalue weighted by Gasteiger charge is -2.35. The molecule has 2 aliphatic heterocycles. The first kappa shape index (κ1) is 18.8. The van der Waals surface area contributed by atoms with Gasteiger partial charge in [-0.2, -0.15) is 0 Å². The Labute approximate surface area is 155 Å². The number of piperazine rings is 1. The van der Waals surface area contributed by atoms with Gasteiger partial charge in [-0.15, -0.1) is 0 Å². The molecule has 144 valence electrons. The molecule has 7 nitrogen and oxygen atoms in total. The quantitative estimate of drug-likeness (QED) is 0.834. The molecular weight excluding hydrogens is 334 g/mol. The predicted octanol–water partition coefficient (Wildman–Crippen LogP) is 1.71. The number of carbonyl (C=O) groups is 1. The van der Waals surface area contributed by atoms with Crippen LogP contribution in [0.15, 0.2) is 18.2 Å². The van der Waals surface area contributed by atoms with Crippen LogP contribution in [0, 0.1) is 0 Å². The summed E-state index contributed by atoms with van der Waals surface area (Å²) in [5, 5.41) is 2.99. The number of benzene rings is 1. The van der Waals surface area contributed by atoms with Crippen molar-refractivity contribution in [1.29, 1.82) is 0 Å². The lowest BCUT2D eigenvalue weighted by atomic mass is 10.2. The van der Waals surface area contributed by atoms with Crippen LogP contribution in [0.4, 0.5) is 4.79 Å². The second kappa shape index (κ2) is 9.09. The van der Waals surface area contributed by atoms with E-state index < -0.39 is 0 Å². The molecule has 1 aromatic rings. The lowest BCUT2D eigenvalue weighted by molar-refractivity contribution is 0.0561. The minimum atomic E-state index is -0.0171. The molecule has 2 aliphatic rings. The Balaban J connectivity index is 1.43. The predicted molar refractivity (Wildman–Crippen MR) is 98.8 cm³/mol.